The van der Waals surface area contributed by atoms with Crippen molar-refractivity contribution < 1.29 is 9.90 Å². The number of thioether (sulfide) groups is 1. The van der Waals surface area contributed by atoms with Gasteiger partial charge in [-0.3, -0.25) is 0 Å². The standard InChI is InChI=1S/C10H11NO2S/c1-11-4-5-14-9-6-7(10(12)13)2-3-8(9)11/h2-3,6H,4-5H2,1H3,(H,12,13). The van der Waals surface area contributed by atoms with E-state index in [9.17, 15) is 4.79 Å². The maximum atomic E-state index is 10.7. The second-order valence-corrected chi connectivity index (χ2v) is 4.39. The van der Waals surface area contributed by atoms with Gasteiger partial charge in [-0.1, -0.05) is 0 Å². The van der Waals surface area contributed by atoms with Gasteiger partial charge >= 0.3 is 5.97 Å². The fraction of sp³-hybridized carbons (Fsp3) is 0.300. The second-order valence-electron chi connectivity index (χ2n) is 3.26. The summed E-state index contributed by atoms with van der Waals surface area (Å²) in [5, 5.41) is 8.83. The van der Waals surface area contributed by atoms with Gasteiger partial charge in [0.1, 0.15) is 0 Å². The zero-order chi connectivity index (χ0) is 10.1. The summed E-state index contributed by atoms with van der Waals surface area (Å²) >= 11 is 1.72. The molecule has 0 amide bonds. The van der Waals surface area contributed by atoms with Crippen LogP contribution in [0.5, 0.6) is 0 Å². The first-order valence-electron chi connectivity index (χ1n) is 4.40. The Kier molecular flexibility index (Phi) is 2.37. The van der Waals surface area contributed by atoms with Gasteiger partial charge in [0, 0.05) is 24.2 Å². The highest BCUT2D eigenvalue weighted by Crippen LogP contribution is 2.34. The Morgan fingerprint density at radius 1 is 1.57 bits per heavy atom. The van der Waals surface area contributed by atoms with E-state index in [4.69, 9.17) is 5.11 Å². The van der Waals surface area contributed by atoms with Crippen molar-refractivity contribution in [3.05, 3.63) is 23.8 Å². The average Bonchev–Trinajstić information content (AvgIpc) is 2.17. The topological polar surface area (TPSA) is 40.5 Å². The molecule has 0 atom stereocenters. The van der Waals surface area contributed by atoms with Crippen LogP contribution in [0, 0.1) is 0 Å². The molecule has 74 valence electrons. The zero-order valence-corrected chi connectivity index (χ0v) is 8.67. The number of benzene rings is 1. The third-order valence-corrected chi connectivity index (χ3v) is 3.33. The summed E-state index contributed by atoms with van der Waals surface area (Å²) in [5.41, 5.74) is 1.50. The number of carbonyl (C=O) groups is 1. The molecule has 0 bridgehead atoms. The molecule has 1 heterocycles. The number of nitrogens with zero attached hydrogens (tertiary/aromatic N) is 1. The van der Waals surface area contributed by atoms with Crippen molar-refractivity contribution in [2.24, 2.45) is 0 Å². The minimum Gasteiger partial charge on any atom is -0.478 e. The molecule has 1 aromatic carbocycles. The fourth-order valence-corrected chi connectivity index (χ4v) is 2.66. The van der Waals surface area contributed by atoms with Gasteiger partial charge in [0.05, 0.1) is 11.3 Å². The predicted molar refractivity (Wildman–Crippen MR) is 57.4 cm³/mol. The summed E-state index contributed by atoms with van der Waals surface area (Å²) in [7, 11) is 2.03. The van der Waals surface area contributed by atoms with Crippen molar-refractivity contribution in [2.75, 3.05) is 24.2 Å². The van der Waals surface area contributed by atoms with E-state index in [-0.39, 0.29) is 0 Å². The van der Waals surface area contributed by atoms with Crippen molar-refractivity contribution in [2.45, 2.75) is 4.90 Å². The van der Waals surface area contributed by atoms with Crippen molar-refractivity contribution in [1.29, 1.82) is 0 Å². The van der Waals surface area contributed by atoms with E-state index in [1.54, 1.807) is 23.9 Å². The minimum atomic E-state index is -0.860. The van der Waals surface area contributed by atoms with E-state index in [0.717, 1.165) is 22.9 Å². The van der Waals surface area contributed by atoms with E-state index in [2.05, 4.69) is 4.90 Å². The predicted octanol–water partition coefficient (Wildman–Crippen LogP) is 1.93. The normalized spacial score (nSPS) is 15.1. The van der Waals surface area contributed by atoms with Crippen LogP contribution in [-0.2, 0) is 0 Å². The van der Waals surface area contributed by atoms with Crippen LogP contribution < -0.4 is 4.90 Å². The minimum absolute atomic E-state index is 0.367. The number of hydrogen-bond acceptors (Lipinski definition) is 3. The molecule has 0 saturated carbocycles. The van der Waals surface area contributed by atoms with Gasteiger partial charge in [0.15, 0.2) is 0 Å². The number of aromatic carboxylic acids is 1. The molecule has 4 heteroatoms. The Hall–Kier alpha value is -1.16. The Bertz CT molecular complexity index is 378. The van der Waals surface area contributed by atoms with E-state index in [1.165, 1.54) is 0 Å². The molecule has 0 unspecified atom stereocenters. The molecule has 0 radical (unpaired) electrons. The molecule has 1 aliphatic heterocycles. The van der Waals surface area contributed by atoms with Crippen LogP contribution in [0.1, 0.15) is 10.4 Å². The SMILES string of the molecule is CN1CCSc2cc(C(=O)O)ccc21. The average molecular weight is 209 g/mol. The zero-order valence-electron chi connectivity index (χ0n) is 7.86. The quantitative estimate of drug-likeness (QED) is 0.767. The smallest absolute Gasteiger partial charge is 0.335 e. The molecule has 0 aliphatic carbocycles. The largest absolute Gasteiger partial charge is 0.478 e. The first kappa shape index (κ1) is 9.40. The first-order valence-corrected chi connectivity index (χ1v) is 5.38. The molecule has 3 nitrogen and oxygen atoms in total. The maximum Gasteiger partial charge on any atom is 0.335 e. The van der Waals surface area contributed by atoms with Crippen LogP contribution in [0.25, 0.3) is 0 Å². The monoisotopic (exact) mass is 209 g/mol. The summed E-state index contributed by atoms with van der Waals surface area (Å²) < 4.78 is 0. The van der Waals surface area contributed by atoms with Crippen LogP contribution in [0.3, 0.4) is 0 Å². The number of anilines is 1. The number of rotatable bonds is 1. The third-order valence-electron chi connectivity index (χ3n) is 2.30. The first-order chi connectivity index (χ1) is 6.68. The molecule has 1 aliphatic rings. The van der Waals surface area contributed by atoms with Gasteiger partial charge in [-0.2, -0.15) is 0 Å². The maximum absolute atomic E-state index is 10.7. The molecule has 0 spiro atoms. The molecule has 0 saturated heterocycles. The number of carboxylic acid groups (broad SMARTS) is 1. The summed E-state index contributed by atoms with van der Waals surface area (Å²) in [4.78, 5) is 14.0. The van der Waals surface area contributed by atoms with Crippen LogP contribution in [0.2, 0.25) is 0 Å². The van der Waals surface area contributed by atoms with Crippen LogP contribution in [0.15, 0.2) is 23.1 Å². The summed E-state index contributed by atoms with van der Waals surface area (Å²) in [6.45, 7) is 1.02. The van der Waals surface area contributed by atoms with Gasteiger partial charge in [0.2, 0.25) is 0 Å². The Labute approximate surface area is 86.7 Å². The lowest BCUT2D eigenvalue weighted by Gasteiger charge is -2.26. The van der Waals surface area contributed by atoms with Gasteiger partial charge in [-0.05, 0) is 18.2 Å². The lowest BCUT2D eigenvalue weighted by atomic mass is 10.2. The Morgan fingerprint density at radius 3 is 3.07 bits per heavy atom. The summed E-state index contributed by atoms with van der Waals surface area (Å²) in [6, 6.07) is 5.28. The summed E-state index contributed by atoms with van der Waals surface area (Å²) in [6.07, 6.45) is 0. The molecule has 2 rings (SSSR count). The van der Waals surface area contributed by atoms with Gasteiger partial charge in [0.25, 0.3) is 0 Å². The Balaban J connectivity index is 2.44. The Morgan fingerprint density at radius 2 is 2.36 bits per heavy atom. The van der Waals surface area contributed by atoms with Crippen LogP contribution in [0.4, 0.5) is 5.69 Å². The van der Waals surface area contributed by atoms with Crippen molar-refractivity contribution in [3.8, 4) is 0 Å². The molecule has 1 aromatic rings. The van der Waals surface area contributed by atoms with Crippen molar-refractivity contribution >= 4 is 23.4 Å². The molecular formula is C10H11NO2S. The highest BCUT2D eigenvalue weighted by molar-refractivity contribution is 7.99. The van der Waals surface area contributed by atoms with Gasteiger partial charge in [-0.15, -0.1) is 11.8 Å². The number of carboxylic acids is 1. The van der Waals surface area contributed by atoms with Crippen molar-refractivity contribution in [3.63, 3.8) is 0 Å². The molecule has 1 N–H and O–H groups in total. The van der Waals surface area contributed by atoms with Gasteiger partial charge in [-0.25, -0.2) is 4.79 Å². The van der Waals surface area contributed by atoms with E-state index >= 15 is 0 Å². The molecular weight excluding hydrogens is 198 g/mol. The van der Waals surface area contributed by atoms with Crippen molar-refractivity contribution in [1.82, 2.24) is 0 Å². The van der Waals surface area contributed by atoms with Gasteiger partial charge < -0.3 is 10.0 Å². The molecule has 0 aromatic heterocycles. The fourth-order valence-electron chi connectivity index (χ4n) is 1.49. The third kappa shape index (κ3) is 1.57. The molecule has 0 fully saturated rings. The molecule has 14 heavy (non-hydrogen) atoms. The lowest BCUT2D eigenvalue weighted by Crippen LogP contribution is -2.24. The highest BCUT2D eigenvalue weighted by Gasteiger charge is 2.15. The van der Waals surface area contributed by atoms with Crippen LogP contribution in [-0.4, -0.2) is 30.4 Å². The van der Waals surface area contributed by atoms with E-state index < -0.39 is 5.97 Å². The summed E-state index contributed by atoms with van der Waals surface area (Å²) in [5.74, 6) is 0.161. The van der Waals surface area contributed by atoms with Crippen LogP contribution >= 0.6 is 11.8 Å². The lowest BCUT2D eigenvalue weighted by molar-refractivity contribution is 0.0696. The highest BCUT2D eigenvalue weighted by atomic mass is 32.2. The number of fused-ring (bicyclic) bond motifs is 1. The van der Waals surface area contributed by atoms with E-state index in [0.29, 0.717) is 5.56 Å². The van der Waals surface area contributed by atoms with E-state index in [1.807, 2.05) is 13.1 Å². The number of hydrogen-bond donors (Lipinski definition) is 1. The second kappa shape index (κ2) is 3.53.